The van der Waals surface area contributed by atoms with Crippen LogP contribution in [0.15, 0.2) is 53.4 Å². The minimum atomic E-state index is -0.250. The maximum Gasteiger partial charge on any atom is 0.272 e. The van der Waals surface area contributed by atoms with Crippen LogP contribution >= 0.6 is 11.8 Å². The first-order valence-corrected chi connectivity index (χ1v) is 10.7. The second-order valence-corrected chi connectivity index (χ2v) is 7.91. The predicted octanol–water partition coefficient (Wildman–Crippen LogP) is 4.88. The minimum absolute atomic E-state index is 0.233. The topological polar surface area (TPSA) is 40.6 Å². The lowest BCUT2D eigenvalue weighted by Gasteiger charge is -2.22. The van der Waals surface area contributed by atoms with Gasteiger partial charge in [0.25, 0.3) is 11.8 Å². The fraction of sp³-hybridized carbons (Fsp3) is 0.304. The number of hydrogen-bond acceptors (Lipinski definition) is 4. The van der Waals surface area contributed by atoms with E-state index in [2.05, 4.69) is 18.7 Å². The normalized spacial score (nSPS) is 14.2. The highest BCUT2D eigenvalue weighted by Gasteiger charge is 2.39. The molecule has 0 saturated heterocycles. The van der Waals surface area contributed by atoms with Gasteiger partial charge in [0.1, 0.15) is 0 Å². The summed E-state index contributed by atoms with van der Waals surface area (Å²) in [6, 6.07) is 15.4. The molecule has 0 bridgehead atoms. The molecular formula is C23H26N2O2S. The van der Waals surface area contributed by atoms with Gasteiger partial charge in [-0.2, -0.15) is 0 Å². The van der Waals surface area contributed by atoms with E-state index in [0.717, 1.165) is 35.7 Å². The summed E-state index contributed by atoms with van der Waals surface area (Å²) < 4.78 is 0. The molecule has 2 aromatic carbocycles. The van der Waals surface area contributed by atoms with Crippen molar-refractivity contribution in [3.63, 3.8) is 0 Å². The molecule has 3 rings (SSSR count). The first kappa shape index (κ1) is 20.2. The molecule has 2 aromatic rings. The Hall–Kier alpha value is -2.53. The van der Waals surface area contributed by atoms with Gasteiger partial charge in [-0.15, -0.1) is 11.8 Å². The molecule has 0 saturated carbocycles. The van der Waals surface area contributed by atoms with Gasteiger partial charge in [-0.1, -0.05) is 36.8 Å². The van der Waals surface area contributed by atoms with Gasteiger partial charge < -0.3 is 4.90 Å². The number of rotatable bonds is 7. The molecule has 1 aliphatic rings. The molecule has 1 heterocycles. The van der Waals surface area contributed by atoms with Gasteiger partial charge in [0.15, 0.2) is 0 Å². The van der Waals surface area contributed by atoms with Crippen LogP contribution in [0.25, 0.3) is 5.57 Å². The maximum absolute atomic E-state index is 13.2. The van der Waals surface area contributed by atoms with Crippen LogP contribution < -0.4 is 9.80 Å². The van der Waals surface area contributed by atoms with Crippen molar-refractivity contribution in [3.05, 3.63) is 64.6 Å². The van der Waals surface area contributed by atoms with Gasteiger partial charge in [-0.05, 0) is 56.4 Å². The number of amides is 2. The van der Waals surface area contributed by atoms with E-state index in [0.29, 0.717) is 16.2 Å². The zero-order chi connectivity index (χ0) is 20.3. The molecule has 28 heavy (non-hydrogen) atoms. The average Bonchev–Trinajstić information content (AvgIpc) is 2.94. The monoisotopic (exact) mass is 394 g/mol. The van der Waals surface area contributed by atoms with E-state index in [1.165, 1.54) is 16.7 Å². The van der Waals surface area contributed by atoms with E-state index >= 15 is 0 Å². The zero-order valence-corrected chi connectivity index (χ0v) is 17.7. The fourth-order valence-electron chi connectivity index (χ4n) is 3.40. The van der Waals surface area contributed by atoms with Gasteiger partial charge in [0.2, 0.25) is 0 Å². The molecule has 4 nitrogen and oxygen atoms in total. The van der Waals surface area contributed by atoms with Gasteiger partial charge in [-0.25, -0.2) is 4.90 Å². The highest BCUT2D eigenvalue weighted by molar-refractivity contribution is 8.04. The Morgan fingerprint density at radius 1 is 0.857 bits per heavy atom. The van der Waals surface area contributed by atoms with Crippen molar-refractivity contribution in [2.75, 3.05) is 28.6 Å². The molecule has 5 heteroatoms. The second-order valence-electron chi connectivity index (χ2n) is 6.64. The van der Waals surface area contributed by atoms with Crippen molar-refractivity contribution >= 4 is 40.5 Å². The van der Waals surface area contributed by atoms with E-state index in [1.807, 2.05) is 62.4 Å². The zero-order valence-electron chi connectivity index (χ0n) is 16.9. The second kappa shape index (κ2) is 8.65. The standard InChI is InChI=1S/C23H26N2O2S/c1-5-24(6-2)18-12-14-19(15-13-18)25-22(26)20(21(23(25)27)28-7-3)17-10-8-16(4)9-11-17/h8-15H,5-7H2,1-4H3. The predicted molar refractivity (Wildman–Crippen MR) is 119 cm³/mol. The number of carbonyl (C=O) groups is 2. The summed E-state index contributed by atoms with van der Waals surface area (Å²) in [6.45, 7) is 10.0. The van der Waals surface area contributed by atoms with Crippen LogP contribution in [0, 0.1) is 6.92 Å². The lowest BCUT2D eigenvalue weighted by atomic mass is 10.0. The van der Waals surface area contributed by atoms with Crippen molar-refractivity contribution in [2.24, 2.45) is 0 Å². The summed E-state index contributed by atoms with van der Waals surface area (Å²) in [7, 11) is 0. The first-order valence-electron chi connectivity index (χ1n) is 9.69. The van der Waals surface area contributed by atoms with Crippen LogP contribution in [-0.2, 0) is 9.59 Å². The Labute approximate surface area is 171 Å². The van der Waals surface area contributed by atoms with E-state index in [1.54, 1.807) is 0 Å². The lowest BCUT2D eigenvalue weighted by Crippen LogP contribution is -2.31. The Balaban J connectivity index is 1.97. The molecule has 0 aromatic heterocycles. The van der Waals surface area contributed by atoms with Gasteiger partial charge in [0, 0.05) is 18.8 Å². The number of benzene rings is 2. The SMILES string of the molecule is CCSC1=C(c2ccc(C)cc2)C(=O)N(c2ccc(N(CC)CC)cc2)C1=O. The van der Waals surface area contributed by atoms with E-state index in [-0.39, 0.29) is 11.8 Å². The fourth-order valence-corrected chi connectivity index (χ4v) is 4.25. The lowest BCUT2D eigenvalue weighted by molar-refractivity contribution is -0.119. The highest BCUT2D eigenvalue weighted by Crippen LogP contribution is 2.38. The van der Waals surface area contributed by atoms with E-state index < -0.39 is 0 Å². The Kier molecular flexibility index (Phi) is 6.25. The summed E-state index contributed by atoms with van der Waals surface area (Å²) in [4.78, 5) is 30.4. The third kappa shape index (κ3) is 3.72. The van der Waals surface area contributed by atoms with Crippen molar-refractivity contribution < 1.29 is 9.59 Å². The smallest absolute Gasteiger partial charge is 0.272 e. The molecule has 0 N–H and O–H groups in total. The number of carbonyl (C=O) groups excluding carboxylic acids is 2. The summed E-state index contributed by atoms with van der Waals surface area (Å²) in [5.74, 6) is 0.252. The van der Waals surface area contributed by atoms with Crippen LogP contribution in [-0.4, -0.2) is 30.7 Å². The van der Waals surface area contributed by atoms with E-state index in [4.69, 9.17) is 0 Å². The van der Waals surface area contributed by atoms with Gasteiger partial charge in [-0.3, -0.25) is 9.59 Å². The molecular weight excluding hydrogens is 368 g/mol. The summed E-state index contributed by atoms with van der Waals surface area (Å²) in [5.41, 5.74) is 4.12. The Morgan fingerprint density at radius 2 is 1.46 bits per heavy atom. The largest absolute Gasteiger partial charge is 0.372 e. The molecule has 0 fully saturated rings. The van der Waals surface area contributed by atoms with Gasteiger partial charge >= 0.3 is 0 Å². The average molecular weight is 395 g/mol. The molecule has 0 atom stereocenters. The van der Waals surface area contributed by atoms with Crippen LogP contribution in [0.1, 0.15) is 31.9 Å². The molecule has 146 valence electrons. The summed E-state index contributed by atoms with van der Waals surface area (Å²) in [5, 5.41) is 0. The molecule has 1 aliphatic heterocycles. The Morgan fingerprint density at radius 3 is 2.00 bits per heavy atom. The van der Waals surface area contributed by atoms with Gasteiger partial charge in [0.05, 0.1) is 16.2 Å². The first-order chi connectivity index (χ1) is 13.5. The maximum atomic E-state index is 13.2. The number of imide groups is 1. The number of anilines is 2. The van der Waals surface area contributed by atoms with Crippen molar-refractivity contribution in [2.45, 2.75) is 27.7 Å². The number of nitrogens with zero attached hydrogens (tertiary/aromatic N) is 2. The summed E-state index contributed by atoms with van der Waals surface area (Å²) in [6.07, 6.45) is 0. The molecule has 2 amide bonds. The third-order valence-electron chi connectivity index (χ3n) is 4.91. The molecule has 0 spiro atoms. The van der Waals surface area contributed by atoms with E-state index in [9.17, 15) is 9.59 Å². The Bertz CT molecular complexity index is 897. The van der Waals surface area contributed by atoms with Crippen molar-refractivity contribution in [3.8, 4) is 0 Å². The van der Waals surface area contributed by atoms with Crippen molar-refractivity contribution in [1.82, 2.24) is 0 Å². The highest BCUT2D eigenvalue weighted by atomic mass is 32.2. The molecule has 0 aliphatic carbocycles. The number of aryl methyl sites for hydroxylation is 1. The van der Waals surface area contributed by atoms with Crippen LogP contribution in [0.5, 0.6) is 0 Å². The number of hydrogen-bond donors (Lipinski definition) is 0. The number of thioether (sulfide) groups is 1. The van der Waals surface area contributed by atoms with Crippen LogP contribution in [0.3, 0.4) is 0 Å². The third-order valence-corrected chi connectivity index (χ3v) is 5.86. The molecule has 0 unspecified atom stereocenters. The summed E-state index contributed by atoms with van der Waals surface area (Å²) >= 11 is 1.43. The minimum Gasteiger partial charge on any atom is -0.372 e. The quantitative estimate of drug-likeness (QED) is 0.628. The molecule has 0 radical (unpaired) electrons. The van der Waals surface area contributed by atoms with Crippen LogP contribution in [0.2, 0.25) is 0 Å². The van der Waals surface area contributed by atoms with Crippen LogP contribution in [0.4, 0.5) is 11.4 Å². The van der Waals surface area contributed by atoms with Crippen molar-refractivity contribution in [1.29, 1.82) is 0 Å².